The van der Waals surface area contributed by atoms with E-state index < -0.39 is 10.0 Å². The van der Waals surface area contributed by atoms with Crippen LogP contribution in [0.5, 0.6) is 0 Å². The third kappa shape index (κ3) is 4.28. The van der Waals surface area contributed by atoms with Gasteiger partial charge in [-0.1, -0.05) is 0 Å². The third-order valence-electron chi connectivity index (χ3n) is 4.07. The highest BCUT2D eigenvalue weighted by Crippen LogP contribution is 2.29. The molecule has 0 radical (unpaired) electrons. The molecule has 0 amide bonds. The minimum atomic E-state index is -3.73. The number of anilines is 2. The molecule has 0 bridgehead atoms. The van der Waals surface area contributed by atoms with Gasteiger partial charge < -0.3 is 9.80 Å². The van der Waals surface area contributed by atoms with Crippen LogP contribution in [0.4, 0.5) is 11.5 Å². The Morgan fingerprint density at radius 1 is 1.12 bits per heavy atom. The first-order valence-electron chi connectivity index (χ1n) is 7.90. The van der Waals surface area contributed by atoms with E-state index >= 15 is 0 Å². The number of nitrogens with zero attached hydrogens (tertiary/aromatic N) is 4. The van der Waals surface area contributed by atoms with Crippen LogP contribution in [0.2, 0.25) is 0 Å². The molecular weight excluding hydrogens is 406 g/mol. The van der Waals surface area contributed by atoms with Crippen LogP contribution in [0.3, 0.4) is 0 Å². The average molecular weight is 426 g/mol. The van der Waals surface area contributed by atoms with Gasteiger partial charge in [-0.2, -0.15) is 0 Å². The van der Waals surface area contributed by atoms with Crippen LogP contribution >= 0.6 is 15.9 Å². The molecule has 0 aromatic carbocycles. The first kappa shape index (κ1) is 18.1. The van der Waals surface area contributed by atoms with E-state index in [1.807, 2.05) is 6.92 Å². The van der Waals surface area contributed by atoms with Gasteiger partial charge >= 0.3 is 0 Å². The molecule has 0 spiro atoms. The maximum absolute atomic E-state index is 12.7. The van der Waals surface area contributed by atoms with Crippen LogP contribution in [0.1, 0.15) is 5.69 Å². The number of likely N-dealkylation sites (N-methyl/N-ethyl adjacent to an activating group) is 1. The SMILES string of the molecule is Cc1ccc(S(=O)(=O)Nc2cc(Br)cnc2N2CCN(C)CC2)cn1. The maximum atomic E-state index is 12.7. The zero-order valence-electron chi connectivity index (χ0n) is 14.1. The summed E-state index contributed by atoms with van der Waals surface area (Å²) in [5.41, 5.74) is 1.22. The molecule has 2 aromatic heterocycles. The summed E-state index contributed by atoms with van der Waals surface area (Å²) < 4.78 is 28.8. The normalized spacial score (nSPS) is 16.0. The Labute approximate surface area is 156 Å². The predicted octanol–water partition coefficient (Wildman–Crippen LogP) is 2.10. The number of halogens is 1. The first-order valence-corrected chi connectivity index (χ1v) is 10.2. The number of piperazine rings is 1. The first-order chi connectivity index (χ1) is 11.8. The van der Waals surface area contributed by atoms with Crippen molar-refractivity contribution in [1.29, 1.82) is 0 Å². The molecule has 1 saturated heterocycles. The van der Waals surface area contributed by atoms with Crippen molar-refractivity contribution in [2.24, 2.45) is 0 Å². The Morgan fingerprint density at radius 3 is 2.48 bits per heavy atom. The van der Waals surface area contributed by atoms with E-state index in [4.69, 9.17) is 0 Å². The summed E-state index contributed by atoms with van der Waals surface area (Å²) in [6.45, 7) is 5.23. The van der Waals surface area contributed by atoms with Gasteiger partial charge in [-0.15, -0.1) is 0 Å². The molecule has 3 rings (SSSR count). The van der Waals surface area contributed by atoms with Crippen molar-refractivity contribution in [1.82, 2.24) is 14.9 Å². The molecule has 9 heteroatoms. The smallest absolute Gasteiger partial charge is 0.263 e. The van der Waals surface area contributed by atoms with Crippen molar-refractivity contribution in [2.45, 2.75) is 11.8 Å². The molecule has 3 heterocycles. The number of hydrogen-bond donors (Lipinski definition) is 1. The van der Waals surface area contributed by atoms with Crippen molar-refractivity contribution < 1.29 is 8.42 Å². The lowest BCUT2D eigenvalue weighted by molar-refractivity contribution is 0.312. The molecular formula is C16H20BrN5O2S. The van der Waals surface area contributed by atoms with Gasteiger partial charge in [-0.05, 0) is 48.1 Å². The Kier molecular flexibility index (Phi) is 5.26. The maximum Gasteiger partial charge on any atom is 0.263 e. The monoisotopic (exact) mass is 425 g/mol. The van der Waals surface area contributed by atoms with E-state index in [1.54, 1.807) is 24.4 Å². The minimum Gasteiger partial charge on any atom is -0.352 e. The predicted molar refractivity (Wildman–Crippen MR) is 101 cm³/mol. The van der Waals surface area contributed by atoms with Gasteiger partial charge in [0.25, 0.3) is 10.0 Å². The van der Waals surface area contributed by atoms with Crippen LogP contribution < -0.4 is 9.62 Å². The Balaban J connectivity index is 1.91. The quantitative estimate of drug-likeness (QED) is 0.807. The fraction of sp³-hybridized carbons (Fsp3) is 0.375. The lowest BCUT2D eigenvalue weighted by Crippen LogP contribution is -2.45. The molecule has 0 saturated carbocycles. The molecule has 25 heavy (non-hydrogen) atoms. The van der Waals surface area contributed by atoms with Crippen molar-refractivity contribution in [3.63, 3.8) is 0 Å². The number of rotatable bonds is 4. The highest BCUT2D eigenvalue weighted by atomic mass is 79.9. The second kappa shape index (κ2) is 7.27. The van der Waals surface area contributed by atoms with Gasteiger partial charge in [0, 0.05) is 48.7 Å². The molecule has 1 aliphatic rings. The molecule has 0 unspecified atom stereocenters. The molecule has 1 fully saturated rings. The van der Waals surface area contributed by atoms with Crippen molar-refractivity contribution >= 4 is 37.5 Å². The fourth-order valence-corrected chi connectivity index (χ4v) is 3.92. The minimum absolute atomic E-state index is 0.127. The highest BCUT2D eigenvalue weighted by molar-refractivity contribution is 9.10. The lowest BCUT2D eigenvalue weighted by Gasteiger charge is -2.34. The third-order valence-corrected chi connectivity index (χ3v) is 5.86. The van der Waals surface area contributed by atoms with E-state index in [1.165, 1.54) is 6.20 Å². The zero-order chi connectivity index (χ0) is 18.0. The van der Waals surface area contributed by atoms with Crippen LogP contribution in [0.25, 0.3) is 0 Å². The summed E-state index contributed by atoms with van der Waals surface area (Å²) in [5.74, 6) is 0.639. The lowest BCUT2D eigenvalue weighted by atomic mass is 10.3. The van der Waals surface area contributed by atoms with Crippen molar-refractivity contribution in [2.75, 3.05) is 42.8 Å². The van der Waals surface area contributed by atoms with Crippen molar-refractivity contribution in [3.8, 4) is 0 Å². The Morgan fingerprint density at radius 2 is 1.84 bits per heavy atom. The summed E-state index contributed by atoms with van der Waals surface area (Å²) >= 11 is 3.37. The van der Waals surface area contributed by atoms with Crippen LogP contribution in [0, 0.1) is 6.92 Å². The largest absolute Gasteiger partial charge is 0.352 e. The summed E-state index contributed by atoms with van der Waals surface area (Å²) in [7, 11) is -1.66. The van der Waals surface area contributed by atoms with Gasteiger partial charge in [0.1, 0.15) is 4.90 Å². The van der Waals surface area contributed by atoms with Crippen molar-refractivity contribution in [3.05, 3.63) is 40.8 Å². The second-order valence-electron chi connectivity index (χ2n) is 6.06. The second-order valence-corrected chi connectivity index (χ2v) is 8.65. The van der Waals surface area contributed by atoms with E-state index in [0.29, 0.717) is 16.0 Å². The molecule has 1 N–H and O–H groups in total. The summed E-state index contributed by atoms with van der Waals surface area (Å²) in [5, 5.41) is 0. The molecule has 0 aliphatic carbocycles. The Hall–Kier alpha value is -1.71. The molecule has 2 aromatic rings. The van der Waals surface area contributed by atoms with E-state index in [2.05, 4.69) is 47.5 Å². The van der Waals surface area contributed by atoms with Crippen LogP contribution in [0.15, 0.2) is 40.0 Å². The summed E-state index contributed by atoms with van der Waals surface area (Å²) in [6.07, 6.45) is 3.04. The van der Waals surface area contributed by atoms with Gasteiger partial charge in [0.2, 0.25) is 0 Å². The van der Waals surface area contributed by atoms with Crippen LogP contribution in [-0.4, -0.2) is 56.5 Å². The standard InChI is InChI=1S/C16H20BrN5O2S/c1-12-3-4-14(11-18-12)25(23,24)20-15-9-13(17)10-19-16(15)22-7-5-21(2)6-8-22/h3-4,9-11,20H,5-8H2,1-2H3. The van der Waals surface area contributed by atoms with Gasteiger partial charge in [-0.3, -0.25) is 9.71 Å². The van der Waals surface area contributed by atoms with Gasteiger partial charge in [-0.25, -0.2) is 13.4 Å². The number of aromatic nitrogens is 2. The summed E-state index contributed by atoms with van der Waals surface area (Å²) in [4.78, 5) is 13.0. The molecule has 0 atom stereocenters. The number of hydrogen-bond acceptors (Lipinski definition) is 6. The summed E-state index contributed by atoms with van der Waals surface area (Å²) in [6, 6.07) is 4.96. The Bertz CT molecular complexity index is 849. The van der Waals surface area contributed by atoms with E-state index in [-0.39, 0.29) is 4.90 Å². The number of nitrogens with one attached hydrogen (secondary N) is 1. The van der Waals surface area contributed by atoms with Gasteiger partial charge in [0.05, 0.1) is 5.69 Å². The molecule has 134 valence electrons. The highest BCUT2D eigenvalue weighted by Gasteiger charge is 2.22. The van der Waals surface area contributed by atoms with Crippen LogP contribution in [-0.2, 0) is 10.0 Å². The molecule has 7 nitrogen and oxygen atoms in total. The fourth-order valence-electron chi connectivity index (χ4n) is 2.59. The zero-order valence-corrected chi connectivity index (χ0v) is 16.5. The molecule has 1 aliphatic heterocycles. The number of pyridine rings is 2. The topological polar surface area (TPSA) is 78.4 Å². The van der Waals surface area contributed by atoms with E-state index in [9.17, 15) is 8.42 Å². The number of aryl methyl sites for hydroxylation is 1. The average Bonchev–Trinajstić information content (AvgIpc) is 2.56. The number of sulfonamides is 1. The van der Waals surface area contributed by atoms with Gasteiger partial charge in [0.15, 0.2) is 5.82 Å². The van der Waals surface area contributed by atoms with E-state index in [0.717, 1.165) is 31.9 Å².